The van der Waals surface area contributed by atoms with Gasteiger partial charge in [0.2, 0.25) is 0 Å². The molecule has 7 heteroatoms. The fraction of sp³-hybridized carbons (Fsp3) is 0.167. The summed E-state index contributed by atoms with van der Waals surface area (Å²) in [7, 11) is 1.56. The van der Waals surface area contributed by atoms with Gasteiger partial charge in [-0.15, -0.1) is 0 Å². The van der Waals surface area contributed by atoms with E-state index in [1.165, 1.54) is 12.1 Å². The van der Waals surface area contributed by atoms with Crippen molar-refractivity contribution in [2.75, 3.05) is 7.11 Å². The van der Waals surface area contributed by atoms with Gasteiger partial charge in [0.25, 0.3) is 0 Å². The Morgan fingerprint density at radius 1 is 1.12 bits per heavy atom. The van der Waals surface area contributed by atoms with Gasteiger partial charge >= 0.3 is 11.8 Å². The third-order valence-corrected chi connectivity index (χ3v) is 3.44. The fourth-order valence-corrected chi connectivity index (χ4v) is 2.03. The number of hydrogen-bond donors (Lipinski definition) is 2. The van der Waals surface area contributed by atoms with Crippen LogP contribution in [0.1, 0.15) is 24.1 Å². The number of halogens is 1. The minimum absolute atomic E-state index is 0.204. The topological polar surface area (TPSA) is 79.8 Å². The van der Waals surface area contributed by atoms with E-state index in [9.17, 15) is 14.0 Å². The molecule has 0 unspecified atom stereocenters. The molecular weight excluding hydrogens is 325 g/mol. The summed E-state index contributed by atoms with van der Waals surface area (Å²) in [5.74, 6) is -1.55. The standard InChI is InChI=1S/C18H18FN3O3/c1-12(13-7-9-15(25-2)10-8-13)21-17(23)18(24)22-20-11-14-5-3-4-6-16(14)19/h3-12H,1-2H3,(H,21,23)(H,22,24)/b20-11-/t12-/m0/s1. The van der Waals surface area contributed by atoms with Gasteiger partial charge in [-0.05, 0) is 30.7 Å². The normalized spacial score (nSPS) is 11.8. The lowest BCUT2D eigenvalue weighted by Gasteiger charge is -2.13. The lowest BCUT2D eigenvalue weighted by molar-refractivity contribution is -0.139. The van der Waals surface area contributed by atoms with Crippen LogP contribution in [0.4, 0.5) is 4.39 Å². The molecule has 1 atom stereocenters. The van der Waals surface area contributed by atoms with Crippen molar-refractivity contribution in [3.63, 3.8) is 0 Å². The Balaban J connectivity index is 1.89. The smallest absolute Gasteiger partial charge is 0.329 e. The number of nitrogens with zero attached hydrogens (tertiary/aromatic N) is 1. The van der Waals surface area contributed by atoms with E-state index >= 15 is 0 Å². The number of amides is 2. The highest BCUT2D eigenvalue weighted by atomic mass is 19.1. The highest BCUT2D eigenvalue weighted by Gasteiger charge is 2.16. The number of hydrogen-bond acceptors (Lipinski definition) is 4. The lowest BCUT2D eigenvalue weighted by atomic mass is 10.1. The summed E-state index contributed by atoms with van der Waals surface area (Å²) in [4.78, 5) is 23.6. The third kappa shape index (κ3) is 5.13. The van der Waals surface area contributed by atoms with Crippen molar-refractivity contribution in [3.8, 4) is 5.75 Å². The van der Waals surface area contributed by atoms with Crippen LogP contribution in [0.25, 0.3) is 0 Å². The Hall–Kier alpha value is -3.22. The Labute approximate surface area is 144 Å². The molecule has 0 spiro atoms. The van der Waals surface area contributed by atoms with Gasteiger partial charge in [-0.2, -0.15) is 5.10 Å². The van der Waals surface area contributed by atoms with Crippen molar-refractivity contribution in [1.82, 2.24) is 10.7 Å². The van der Waals surface area contributed by atoms with Crippen LogP contribution >= 0.6 is 0 Å². The number of hydrazone groups is 1. The van der Waals surface area contributed by atoms with E-state index in [2.05, 4.69) is 15.8 Å². The maximum absolute atomic E-state index is 13.4. The molecule has 0 aliphatic heterocycles. The second kappa shape index (κ2) is 8.58. The Morgan fingerprint density at radius 3 is 2.44 bits per heavy atom. The largest absolute Gasteiger partial charge is 0.497 e. The fourth-order valence-electron chi connectivity index (χ4n) is 2.03. The van der Waals surface area contributed by atoms with Gasteiger partial charge in [0.1, 0.15) is 11.6 Å². The summed E-state index contributed by atoms with van der Waals surface area (Å²) in [6.07, 6.45) is 1.13. The van der Waals surface area contributed by atoms with E-state index in [-0.39, 0.29) is 11.6 Å². The zero-order chi connectivity index (χ0) is 18.2. The number of ether oxygens (including phenoxy) is 1. The van der Waals surface area contributed by atoms with Crippen molar-refractivity contribution in [1.29, 1.82) is 0 Å². The predicted octanol–water partition coefficient (Wildman–Crippen LogP) is 2.16. The van der Waals surface area contributed by atoms with Gasteiger partial charge < -0.3 is 10.1 Å². The van der Waals surface area contributed by atoms with E-state index in [4.69, 9.17) is 4.74 Å². The SMILES string of the molecule is COc1ccc([C@H](C)NC(=O)C(=O)N/N=C\c2ccccc2F)cc1. The van der Waals surface area contributed by atoms with Crippen molar-refractivity contribution < 1.29 is 18.7 Å². The van der Waals surface area contributed by atoms with E-state index in [1.54, 1.807) is 50.4 Å². The summed E-state index contributed by atoms with van der Waals surface area (Å²) in [6.45, 7) is 1.75. The van der Waals surface area contributed by atoms with Crippen molar-refractivity contribution in [2.45, 2.75) is 13.0 Å². The van der Waals surface area contributed by atoms with Crippen molar-refractivity contribution in [2.24, 2.45) is 5.10 Å². The molecule has 2 N–H and O–H groups in total. The van der Waals surface area contributed by atoms with Crippen molar-refractivity contribution in [3.05, 3.63) is 65.5 Å². The molecule has 2 rings (SSSR count). The Bertz CT molecular complexity index is 775. The highest BCUT2D eigenvalue weighted by molar-refractivity contribution is 6.35. The second-order valence-electron chi connectivity index (χ2n) is 5.19. The molecule has 0 saturated heterocycles. The van der Waals surface area contributed by atoms with Crippen LogP contribution in [0.5, 0.6) is 5.75 Å². The summed E-state index contributed by atoms with van der Waals surface area (Å²) in [5, 5.41) is 6.14. The number of benzene rings is 2. The summed E-state index contributed by atoms with van der Waals surface area (Å²) in [5.41, 5.74) is 3.09. The summed E-state index contributed by atoms with van der Waals surface area (Å²) in [6, 6.07) is 12.7. The first kappa shape index (κ1) is 18.1. The molecule has 0 aliphatic carbocycles. The van der Waals surface area contributed by atoms with Gasteiger partial charge in [0.15, 0.2) is 0 Å². The molecule has 0 saturated carbocycles. The molecule has 2 aromatic carbocycles. The Morgan fingerprint density at radius 2 is 1.80 bits per heavy atom. The van der Waals surface area contributed by atoms with Crippen LogP contribution in [0.15, 0.2) is 53.6 Å². The average Bonchev–Trinajstić information content (AvgIpc) is 2.63. The number of nitrogens with one attached hydrogen (secondary N) is 2. The van der Waals surface area contributed by atoms with E-state index < -0.39 is 17.6 Å². The first-order chi connectivity index (χ1) is 12.0. The molecule has 2 aromatic rings. The number of rotatable bonds is 5. The van der Waals surface area contributed by atoms with Crippen LogP contribution in [0, 0.1) is 5.82 Å². The average molecular weight is 343 g/mol. The first-order valence-electron chi connectivity index (χ1n) is 7.53. The third-order valence-electron chi connectivity index (χ3n) is 3.44. The minimum Gasteiger partial charge on any atom is -0.497 e. The lowest BCUT2D eigenvalue weighted by Crippen LogP contribution is -2.39. The van der Waals surface area contributed by atoms with Crippen LogP contribution in [-0.2, 0) is 9.59 Å². The molecule has 2 amide bonds. The minimum atomic E-state index is -0.937. The maximum atomic E-state index is 13.4. The monoisotopic (exact) mass is 343 g/mol. The van der Waals surface area contributed by atoms with Crippen LogP contribution in [0.3, 0.4) is 0 Å². The van der Waals surface area contributed by atoms with Crippen molar-refractivity contribution >= 4 is 18.0 Å². The zero-order valence-electron chi connectivity index (χ0n) is 13.8. The Kier molecular flexibility index (Phi) is 6.22. The van der Waals surface area contributed by atoms with Crippen LogP contribution < -0.4 is 15.5 Å². The number of carbonyl (C=O) groups excluding carboxylic acids is 2. The second-order valence-corrected chi connectivity index (χ2v) is 5.19. The molecule has 6 nitrogen and oxygen atoms in total. The molecule has 0 heterocycles. The van der Waals surface area contributed by atoms with E-state index in [1.807, 2.05) is 0 Å². The van der Waals surface area contributed by atoms with Gasteiger partial charge in [-0.25, -0.2) is 9.82 Å². The molecule has 0 bridgehead atoms. The molecule has 25 heavy (non-hydrogen) atoms. The van der Waals surface area contributed by atoms with Gasteiger partial charge in [-0.1, -0.05) is 30.3 Å². The van der Waals surface area contributed by atoms with Gasteiger partial charge in [0.05, 0.1) is 19.4 Å². The predicted molar refractivity (Wildman–Crippen MR) is 91.7 cm³/mol. The first-order valence-corrected chi connectivity index (χ1v) is 7.53. The van der Waals surface area contributed by atoms with Gasteiger partial charge in [0, 0.05) is 5.56 Å². The number of methoxy groups -OCH3 is 1. The molecule has 0 fully saturated rings. The molecule has 130 valence electrons. The van der Waals surface area contributed by atoms with Crippen LogP contribution in [0.2, 0.25) is 0 Å². The molecule has 0 aliphatic rings. The van der Waals surface area contributed by atoms with Crippen LogP contribution in [-0.4, -0.2) is 25.1 Å². The molecular formula is C18H18FN3O3. The molecule has 0 aromatic heterocycles. The summed E-state index contributed by atoms with van der Waals surface area (Å²) >= 11 is 0. The highest BCUT2D eigenvalue weighted by Crippen LogP contribution is 2.17. The maximum Gasteiger partial charge on any atom is 0.329 e. The zero-order valence-corrected chi connectivity index (χ0v) is 13.8. The number of carbonyl (C=O) groups is 2. The van der Waals surface area contributed by atoms with Gasteiger partial charge in [-0.3, -0.25) is 9.59 Å². The molecule has 0 radical (unpaired) electrons. The summed E-state index contributed by atoms with van der Waals surface area (Å²) < 4.78 is 18.5. The quantitative estimate of drug-likeness (QED) is 0.496. The van der Waals surface area contributed by atoms with E-state index in [0.717, 1.165) is 11.8 Å². The van der Waals surface area contributed by atoms with E-state index in [0.29, 0.717) is 5.75 Å².